The third-order valence-corrected chi connectivity index (χ3v) is 5.02. The van der Waals surface area contributed by atoms with E-state index in [0.717, 1.165) is 11.1 Å². The lowest BCUT2D eigenvalue weighted by Gasteiger charge is -2.09. The quantitative estimate of drug-likeness (QED) is 0.821. The van der Waals surface area contributed by atoms with Crippen LogP contribution in [0.25, 0.3) is 0 Å². The highest BCUT2D eigenvalue weighted by atomic mass is 35.5. The van der Waals surface area contributed by atoms with Crippen LogP contribution in [-0.4, -0.2) is 21.6 Å². The lowest BCUT2D eigenvalue weighted by Crippen LogP contribution is -2.28. The smallest absolute Gasteiger partial charge is 0.240 e. The average Bonchev–Trinajstić information content (AvgIpc) is 2.48. The fraction of sp³-hybridized carbons (Fsp3) is 0.250. The van der Waals surface area contributed by atoms with Gasteiger partial charge in [-0.25, -0.2) is 13.1 Å². The van der Waals surface area contributed by atoms with Gasteiger partial charge in [0.15, 0.2) is 0 Å². The molecule has 4 nitrogen and oxygen atoms in total. The molecule has 0 fully saturated rings. The molecule has 0 radical (unpaired) electrons. The maximum atomic E-state index is 12.1. The van der Waals surface area contributed by atoms with Gasteiger partial charge in [-0.3, -0.25) is 0 Å². The molecule has 0 heterocycles. The summed E-state index contributed by atoms with van der Waals surface area (Å²) >= 11 is 5.93. The zero-order chi connectivity index (χ0) is 16.2. The molecule has 1 N–H and O–H groups in total. The predicted molar refractivity (Wildman–Crippen MR) is 88.1 cm³/mol. The van der Waals surface area contributed by atoms with Gasteiger partial charge in [0, 0.05) is 11.6 Å². The second-order valence-electron chi connectivity index (χ2n) is 4.97. The monoisotopic (exact) mass is 339 g/mol. The van der Waals surface area contributed by atoms with E-state index in [0.29, 0.717) is 10.8 Å². The predicted octanol–water partition coefficient (Wildman–Crippen LogP) is 3.31. The molecule has 6 heteroatoms. The van der Waals surface area contributed by atoms with Crippen molar-refractivity contribution in [2.45, 2.75) is 18.7 Å². The van der Waals surface area contributed by atoms with Gasteiger partial charge >= 0.3 is 0 Å². The standard InChI is InChI=1S/C16H18ClNO3S/c1-12-3-6-15(7-4-12)22(19,20)18-9-10-21-14-5-8-16(17)13(2)11-14/h3-8,11,18H,9-10H2,1-2H3. The molecule has 118 valence electrons. The first-order valence-corrected chi connectivity index (χ1v) is 8.70. The lowest BCUT2D eigenvalue weighted by molar-refractivity contribution is 0.322. The number of benzene rings is 2. The molecule has 0 aromatic heterocycles. The van der Waals surface area contributed by atoms with Gasteiger partial charge in [-0.05, 0) is 49.7 Å². The largest absolute Gasteiger partial charge is 0.492 e. The average molecular weight is 340 g/mol. The third kappa shape index (κ3) is 4.47. The number of hydrogen-bond acceptors (Lipinski definition) is 3. The van der Waals surface area contributed by atoms with E-state index >= 15 is 0 Å². The van der Waals surface area contributed by atoms with Crippen LogP contribution < -0.4 is 9.46 Å². The second-order valence-corrected chi connectivity index (χ2v) is 7.14. The Bertz CT molecular complexity index is 742. The molecule has 0 aliphatic heterocycles. The molecule has 2 aromatic rings. The van der Waals surface area contributed by atoms with Crippen molar-refractivity contribution >= 4 is 21.6 Å². The Kier molecular flexibility index (Phi) is 5.45. The van der Waals surface area contributed by atoms with E-state index < -0.39 is 10.0 Å². The van der Waals surface area contributed by atoms with Crippen molar-refractivity contribution in [1.82, 2.24) is 4.72 Å². The lowest BCUT2D eigenvalue weighted by atomic mass is 10.2. The summed E-state index contributed by atoms with van der Waals surface area (Å²) < 4.78 is 32.2. The SMILES string of the molecule is Cc1ccc(S(=O)(=O)NCCOc2ccc(Cl)c(C)c2)cc1. The molecule has 0 aliphatic carbocycles. The minimum Gasteiger partial charge on any atom is -0.492 e. The molecule has 2 aromatic carbocycles. The molecule has 0 saturated carbocycles. The maximum Gasteiger partial charge on any atom is 0.240 e. The van der Waals surface area contributed by atoms with Crippen molar-refractivity contribution in [3.05, 3.63) is 58.6 Å². The number of aryl methyl sites for hydroxylation is 2. The number of nitrogens with one attached hydrogen (secondary N) is 1. The van der Waals surface area contributed by atoms with Crippen LogP contribution in [0.15, 0.2) is 47.4 Å². The topological polar surface area (TPSA) is 55.4 Å². The summed E-state index contributed by atoms with van der Waals surface area (Å²) in [5, 5.41) is 0.674. The maximum absolute atomic E-state index is 12.1. The summed E-state index contributed by atoms with van der Waals surface area (Å²) in [6, 6.07) is 12.0. The van der Waals surface area contributed by atoms with Gasteiger partial charge in [-0.1, -0.05) is 29.3 Å². The van der Waals surface area contributed by atoms with Gasteiger partial charge in [-0.2, -0.15) is 0 Å². The number of sulfonamides is 1. The molecule has 2 rings (SSSR count). The Balaban J connectivity index is 1.87. The van der Waals surface area contributed by atoms with Gasteiger partial charge in [0.1, 0.15) is 12.4 Å². The minimum atomic E-state index is -3.50. The van der Waals surface area contributed by atoms with E-state index in [-0.39, 0.29) is 18.0 Å². The summed E-state index contributed by atoms with van der Waals surface area (Å²) in [5.74, 6) is 0.663. The van der Waals surface area contributed by atoms with Crippen molar-refractivity contribution in [2.75, 3.05) is 13.2 Å². The minimum absolute atomic E-state index is 0.192. The van der Waals surface area contributed by atoms with E-state index in [1.807, 2.05) is 19.9 Å². The van der Waals surface area contributed by atoms with E-state index in [2.05, 4.69) is 4.72 Å². The van der Waals surface area contributed by atoms with Crippen molar-refractivity contribution < 1.29 is 13.2 Å². The third-order valence-electron chi connectivity index (χ3n) is 3.12. The summed E-state index contributed by atoms with van der Waals surface area (Å²) in [4.78, 5) is 0.250. The highest BCUT2D eigenvalue weighted by Crippen LogP contribution is 2.20. The Labute approximate surface area is 136 Å². The number of ether oxygens (including phenoxy) is 1. The van der Waals surface area contributed by atoms with Crippen molar-refractivity contribution in [3.63, 3.8) is 0 Å². The molecule has 0 spiro atoms. The number of hydrogen-bond donors (Lipinski definition) is 1. The molecule has 0 unspecified atom stereocenters. The van der Waals surface area contributed by atoms with Gasteiger partial charge in [-0.15, -0.1) is 0 Å². The normalized spacial score (nSPS) is 11.4. The summed E-state index contributed by atoms with van der Waals surface area (Å²) in [6.45, 7) is 4.23. The van der Waals surface area contributed by atoms with Crippen LogP contribution in [0.3, 0.4) is 0 Å². The van der Waals surface area contributed by atoms with Gasteiger partial charge in [0.05, 0.1) is 4.90 Å². The van der Waals surface area contributed by atoms with Crippen LogP contribution in [-0.2, 0) is 10.0 Å². The first-order valence-electron chi connectivity index (χ1n) is 6.84. The highest BCUT2D eigenvalue weighted by molar-refractivity contribution is 7.89. The van der Waals surface area contributed by atoms with Crippen LogP contribution in [0.1, 0.15) is 11.1 Å². The van der Waals surface area contributed by atoms with Crippen molar-refractivity contribution in [3.8, 4) is 5.75 Å². The van der Waals surface area contributed by atoms with E-state index in [4.69, 9.17) is 16.3 Å². The first kappa shape index (κ1) is 16.8. The molecular weight excluding hydrogens is 322 g/mol. The van der Waals surface area contributed by atoms with Crippen LogP contribution in [0, 0.1) is 13.8 Å². The molecular formula is C16H18ClNO3S. The van der Waals surface area contributed by atoms with Gasteiger partial charge in [0.2, 0.25) is 10.0 Å². The van der Waals surface area contributed by atoms with E-state index in [9.17, 15) is 8.42 Å². The number of rotatable bonds is 6. The summed E-state index contributed by atoms with van der Waals surface area (Å²) in [6.07, 6.45) is 0. The van der Waals surface area contributed by atoms with Gasteiger partial charge in [0.25, 0.3) is 0 Å². The Morgan fingerprint density at radius 1 is 1.09 bits per heavy atom. The van der Waals surface area contributed by atoms with Crippen molar-refractivity contribution in [2.24, 2.45) is 0 Å². The summed E-state index contributed by atoms with van der Waals surface area (Å²) in [7, 11) is -3.50. The molecule has 0 atom stereocenters. The van der Waals surface area contributed by atoms with Crippen LogP contribution >= 0.6 is 11.6 Å². The molecule has 22 heavy (non-hydrogen) atoms. The molecule has 0 aliphatic rings. The fourth-order valence-corrected chi connectivity index (χ4v) is 2.98. The van der Waals surface area contributed by atoms with Crippen LogP contribution in [0.2, 0.25) is 5.02 Å². The van der Waals surface area contributed by atoms with Crippen LogP contribution in [0.5, 0.6) is 5.75 Å². The Morgan fingerprint density at radius 3 is 2.41 bits per heavy atom. The van der Waals surface area contributed by atoms with Crippen molar-refractivity contribution in [1.29, 1.82) is 0 Å². The fourth-order valence-electron chi connectivity index (χ4n) is 1.85. The summed E-state index contributed by atoms with van der Waals surface area (Å²) in [5.41, 5.74) is 1.93. The van der Waals surface area contributed by atoms with Gasteiger partial charge < -0.3 is 4.74 Å². The number of halogens is 1. The van der Waals surface area contributed by atoms with E-state index in [1.165, 1.54) is 0 Å². The highest BCUT2D eigenvalue weighted by Gasteiger charge is 2.12. The Hall–Kier alpha value is -1.56. The molecule has 0 saturated heterocycles. The second kappa shape index (κ2) is 7.13. The zero-order valence-corrected chi connectivity index (χ0v) is 14.0. The molecule has 0 bridgehead atoms. The first-order chi connectivity index (χ1) is 10.4. The van der Waals surface area contributed by atoms with Crippen LogP contribution in [0.4, 0.5) is 0 Å². The van der Waals surface area contributed by atoms with E-state index in [1.54, 1.807) is 36.4 Å². The molecule has 0 amide bonds. The zero-order valence-electron chi connectivity index (χ0n) is 12.5. The Morgan fingerprint density at radius 2 is 1.77 bits per heavy atom.